The van der Waals surface area contributed by atoms with E-state index in [2.05, 4.69) is 15.2 Å². The van der Waals surface area contributed by atoms with Gasteiger partial charge in [0.15, 0.2) is 5.82 Å². The summed E-state index contributed by atoms with van der Waals surface area (Å²) in [6, 6.07) is 7.18. The Morgan fingerprint density at radius 2 is 2.07 bits per heavy atom. The van der Waals surface area contributed by atoms with Crippen molar-refractivity contribution in [1.82, 2.24) is 25.0 Å². The summed E-state index contributed by atoms with van der Waals surface area (Å²) in [5.74, 6) is 2.09. The van der Waals surface area contributed by atoms with Crippen molar-refractivity contribution in [3.05, 3.63) is 41.5 Å². The topological polar surface area (TPSA) is 101 Å². The van der Waals surface area contributed by atoms with E-state index in [0.717, 1.165) is 11.6 Å². The van der Waals surface area contributed by atoms with E-state index in [4.69, 9.17) is 9.47 Å². The maximum absolute atomic E-state index is 13.3. The van der Waals surface area contributed by atoms with E-state index in [1.54, 1.807) is 19.2 Å². The lowest BCUT2D eigenvalue weighted by molar-refractivity contribution is -0.137. The number of H-pyrrole nitrogens is 1. The molecule has 2 aliphatic rings. The molecule has 1 aromatic heterocycles. The predicted molar refractivity (Wildman–Crippen MR) is 108 cm³/mol. The van der Waals surface area contributed by atoms with Crippen molar-refractivity contribution in [2.75, 3.05) is 47.0 Å². The number of fused-ring (bicyclic) bond motifs is 1. The summed E-state index contributed by atoms with van der Waals surface area (Å²) in [7, 11) is 3.10. The van der Waals surface area contributed by atoms with Gasteiger partial charge in [-0.3, -0.25) is 14.7 Å². The number of nitrogens with zero attached hydrogens (tertiary/aromatic N) is 4. The van der Waals surface area contributed by atoms with Crippen LogP contribution in [0, 0.1) is 12.8 Å². The number of hydrogen-bond acceptors (Lipinski definition) is 6. The van der Waals surface area contributed by atoms with Gasteiger partial charge in [-0.2, -0.15) is 5.10 Å². The second kappa shape index (κ2) is 8.06. The Kier molecular flexibility index (Phi) is 5.46. The summed E-state index contributed by atoms with van der Waals surface area (Å²) in [6.07, 6.45) is 0.701. The second-order valence-electron chi connectivity index (χ2n) is 8.04. The minimum atomic E-state index is -0.372. The van der Waals surface area contributed by atoms with Gasteiger partial charge in [-0.1, -0.05) is 6.07 Å². The van der Waals surface area contributed by atoms with Crippen LogP contribution < -0.4 is 4.74 Å². The molecule has 3 heterocycles. The molecule has 2 amide bonds. The van der Waals surface area contributed by atoms with Crippen molar-refractivity contribution < 1.29 is 19.1 Å². The molecule has 1 N–H and O–H groups in total. The predicted octanol–water partition coefficient (Wildman–Crippen LogP) is 1.01. The average molecular weight is 413 g/mol. The number of ether oxygens (including phenoxy) is 2. The highest BCUT2D eigenvalue weighted by atomic mass is 16.5. The molecule has 1 aromatic carbocycles. The van der Waals surface area contributed by atoms with Gasteiger partial charge in [-0.25, -0.2) is 4.98 Å². The molecule has 0 spiro atoms. The molecule has 4 rings (SSSR count). The number of piperidine rings is 1. The van der Waals surface area contributed by atoms with Gasteiger partial charge in [-0.15, -0.1) is 0 Å². The smallest absolute Gasteiger partial charge is 0.254 e. The highest BCUT2D eigenvalue weighted by molar-refractivity contribution is 5.95. The summed E-state index contributed by atoms with van der Waals surface area (Å²) >= 11 is 0. The van der Waals surface area contributed by atoms with Crippen molar-refractivity contribution in [2.24, 2.45) is 5.92 Å². The molecule has 0 saturated carbocycles. The molecule has 30 heavy (non-hydrogen) atoms. The molecule has 0 bridgehead atoms. The van der Waals surface area contributed by atoms with Gasteiger partial charge in [0.05, 0.1) is 12.5 Å². The standard InChI is InChI=1S/C21H27N5O4/c1-14-22-20(24-23-14)21-7-8-25(18(27)12-29-2)10-16(21)11-26(13-21)19(28)15-5-4-6-17(9-15)30-3/h4-6,9,16H,7-8,10-13H2,1-3H3,(H,22,23,24)/t16-,21-/m1/s1. The largest absolute Gasteiger partial charge is 0.497 e. The van der Waals surface area contributed by atoms with Gasteiger partial charge < -0.3 is 19.3 Å². The zero-order chi connectivity index (χ0) is 21.3. The molecule has 2 saturated heterocycles. The van der Waals surface area contributed by atoms with E-state index in [1.165, 1.54) is 7.11 Å². The molecule has 0 radical (unpaired) electrons. The van der Waals surface area contributed by atoms with Crippen LogP contribution >= 0.6 is 0 Å². The monoisotopic (exact) mass is 413 g/mol. The number of nitrogens with one attached hydrogen (secondary N) is 1. The number of amides is 2. The zero-order valence-corrected chi connectivity index (χ0v) is 17.6. The Morgan fingerprint density at radius 3 is 2.77 bits per heavy atom. The molecular formula is C21H27N5O4. The second-order valence-corrected chi connectivity index (χ2v) is 8.04. The lowest BCUT2D eigenvalue weighted by Gasteiger charge is -2.41. The summed E-state index contributed by atoms with van der Waals surface area (Å²) in [5.41, 5.74) is 0.213. The number of aromatic amines is 1. The average Bonchev–Trinajstić information content (AvgIpc) is 3.37. The SMILES string of the molecule is COCC(=O)N1CC[C@@]2(c3n[nH]c(C)n3)CN(C(=O)c3cccc(OC)c3)C[C@H]2C1. The minimum absolute atomic E-state index is 0.0326. The maximum atomic E-state index is 13.3. The van der Waals surface area contributed by atoms with Crippen LogP contribution in [0.15, 0.2) is 24.3 Å². The van der Waals surface area contributed by atoms with Crippen LogP contribution in [0.3, 0.4) is 0 Å². The highest BCUT2D eigenvalue weighted by Gasteiger charge is 2.54. The first-order valence-electron chi connectivity index (χ1n) is 10.1. The third-order valence-electron chi connectivity index (χ3n) is 6.23. The fraction of sp³-hybridized carbons (Fsp3) is 0.524. The fourth-order valence-corrected chi connectivity index (χ4v) is 4.65. The Bertz CT molecular complexity index is 945. The van der Waals surface area contributed by atoms with Crippen LogP contribution in [-0.2, 0) is 14.9 Å². The maximum Gasteiger partial charge on any atom is 0.254 e. The minimum Gasteiger partial charge on any atom is -0.497 e. The van der Waals surface area contributed by atoms with Crippen LogP contribution in [0.1, 0.15) is 28.4 Å². The van der Waals surface area contributed by atoms with E-state index in [9.17, 15) is 9.59 Å². The number of rotatable bonds is 5. The Hall–Kier alpha value is -2.94. The molecule has 0 aliphatic carbocycles. The molecule has 2 fully saturated rings. The van der Waals surface area contributed by atoms with E-state index >= 15 is 0 Å². The van der Waals surface area contributed by atoms with Crippen molar-refractivity contribution in [1.29, 1.82) is 0 Å². The molecule has 0 unspecified atom stereocenters. The number of aromatic nitrogens is 3. The van der Waals surface area contributed by atoms with Gasteiger partial charge in [0.25, 0.3) is 5.91 Å². The summed E-state index contributed by atoms with van der Waals surface area (Å²) < 4.78 is 10.3. The zero-order valence-electron chi connectivity index (χ0n) is 17.6. The van der Waals surface area contributed by atoms with Gasteiger partial charge in [0, 0.05) is 44.8 Å². The van der Waals surface area contributed by atoms with Crippen LogP contribution in [0.5, 0.6) is 5.75 Å². The first kappa shape index (κ1) is 20.3. The van der Waals surface area contributed by atoms with Gasteiger partial charge in [0.1, 0.15) is 18.2 Å². The number of likely N-dealkylation sites (tertiary alicyclic amines) is 2. The Morgan fingerprint density at radius 1 is 1.27 bits per heavy atom. The molecule has 9 heteroatoms. The van der Waals surface area contributed by atoms with E-state index in [0.29, 0.717) is 43.9 Å². The van der Waals surface area contributed by atoms with Crippen molar-refractivity contribution in [3.8, 4) is 5.75 Å². The summed E-state index contributed by atoms with van der Waals surface area (Å²) in [4.78, 5) is 34.0. The molecular weight excluding hydrogens is 386 g/mol. The van der Waals surface area contributed by atoms with Crippen LogP contribution in [0.25, 0.3) is 0 Å². The van der Waals surface area contributed by atoms with Gasteiger partial charge >= 0.3 is 0 Å². The number of benzene rings is 1. The molecule has 2 atom stereocenters. The number of hydrogen-bond donors (Lipinski definition) is 1. The molecule has 2 aromatic rings. The number of methoxy groups -OCH3 is 2. The number of aryl methyl sites for hydroxylation is 1. The van der Waals surface area contributed by atoms with Crippen LogP contribution in [-0.4, -0.2) is 83.8 Å². The fourth-order valence-electron chi connectivity index (χ4n) is 4.65. The third kappa shape index (κ3) is 3.54. The summed E-state index contributed by atoms with van der Waals surface area (Å²) in [6.45, 7) is 4.14. The highest BCUT2D eigenvalue weighted by Crippen LogP contribution is 2.44. The normalized spacial score (nSPS) is 23.4. The number of carbonyl (C=O) groups excluding carboxylic acids is 2. The first-order chi connectivity index (χ1) is 14.5. The lowest BCUT2D eigenvalue weighted by Crippen LogP contribution is -2.52. The van der Waals surface area contributed by atoms with Crippen molar-refractivity contribution >= 4 is 11.8 Å². The van der Waals surface area contributed by atoms with E-state index in [1.807, 2.05) is 28.9 Å². The summed E-state index contributed by atoms with van der Waals surface area (Å²) in [5, 5.41) is 7.39. The van der Waals surface area contributed by atoms with Crippen molar-refractivity contribution in [2.45, 2.75) is 18.8 Å². The first-order valence-corrected chi connectivity index (χ1v) is 10.1. The van der Waals surface area contributed by atoms with Crippen LogP contribution in [0.4, 0.5) is 0 Å². The van der Waals surface area contributed by atoms with Gasteiger partial charge in [0.2, 0.25) is 5.91 Å². The van der Waals surface area contributed by atoms with Gasteiger partial charge in [-0.05, 0) is 31.5 Å². The third-order valence-corrected chi connectivity index (χ3v) is 6.23. The Balaban J connectivity index is 1.62. The van der Waals surface area contributed by atoms with E-state index < -0.39 is 0 Å². The Labute approximate surface area is 175 Å². The molecule has 9 nitrogen and oxygen atoms in total. The lowest BCUT2D eigenvalue weighted by atomic mass is 9.72. The quantitative estimate of drug-likeness (QED) is 0.785. The van der Waals surface area contributed by atoms with Crippen LogP contribution in [0.2, 0.25) is 0 Å². The molecule has 160 valence electrons. The number of carbonyl (C=O) groups is 2. The molecule has 2 aliphatic heterocycles. The van der Waals surface area contributed by atoms with Crippen molar-refractivity contribution in [3.63, 3.8) is 0 Å². The van der Waals surface area contributed by atoms with E-state index in [-0.39, 0.29) is 29.8 Å².